The number of hydrogen-bond donors (Lipinski definition) is 3. The molecule has 0 aliphatic heterocycles. The van der Waals surface area contributed by atoms with E-state index in [4.69, 9.17) is 9.47 Å². The summed E-state index contributed by atoms with van der Waals surface area (Å²) < 4.78 is 39.8. The number of aliphatic hydroxyl groups is 1. The molecule has 2 aromatic heterocycles. The summed E-state index contributed by atoms with van der Waals surface area (Å²) in [7, 11) is -2.63. The molecule has 190 valence electrons. The van der Waals surface area contributed by atoms with Crippen LogP contribution in [-0.2, 0) is 10.0 Å². The number of aliphatic hydroxyl groups excluding tert-OH is 1. The third kappa shape index (κ3) is 5.18. The number of nitriles is 1. The Labute approximate surface area is 213 Å². The Kier molecular flexibility index (Phi) is 6.64. The lowest BCUT2D eigenvalue weighted by molar-refractivity contribution is 0.0652. The number of aromatic amines is 1. The van der Waals surface area contributed by atoms with Gasteiger partial charge in [0.1, 0.15) is 28.2 Å². The number of H-pyrrole nitrogens is 1. The first-order chi connectivity index (χ1) is 17.9. The second kappa shape index (κ2) is 10.0. The van der Waals surface area contributed by atoms with Gasteiger partial charge in [0.2, 0.25) is 5.88 Å². The maximum absolute atomic E-state index is 13.0. The Bertz CT molecular complexity index is 1570. The number of nitrogens with zero attached hydrogens (tertiary/aromatic N) is 4. The highest BCUT2D eigenvalue weighted by molar-refractivity contribution is 7.92. The minimum Gasteiger partial charge on any atom is -0.497 e. The molecule has 0 unspecified atom stereocenters. The van der Waals surface area contributed by atoms with Crippen molar-refractivity contribution in [1.82, 2.24) is 20.2 Å². The number of sulfonamides is 1. The van der Waals surface area contributed by atoms with Gasteiger partial charge in [0, 0.05) is 17.3 Å². The molecule has 1 fully saturated rings. The van der Waals surface area contributed by atoms with Crippen molar-refractivity contribution >= 4 is 26.7 Å². The lowest BCUT2D eigenvalue weighted by Crippen LogP contribution is -2.26. The Hall–Kier alpha value is -4.21. The number of hydrogen-bond acceptors (Lipinski definition) is 9. The molecular weight excluding hydrogens is 496 g/mol. The van der Waals surface area contributed by atoms with Crippen LogP contribution < -0.4 is 14.2 Å². The molecule has 2 heterocycles. The maximum Gasteiger partial charge on any atom is 0.263 e. The summed E-state index contributed by atoms with van der Waals surface area (Å²) in [5.74, 6) is 1.11. The van der Waals surface area contributed by atoms with Crippen LogP contribution in [0.5, 0.6) is 11.6 Å². The van der Waals surface area contributed by atoms with Crippen LogP contribution in [0.2, 0.25) is 0 Å². The molecule has 1 saturated carbocycles. The first kappa shape index (κ1) is 24.5. The van der Waals surface area contributed by atoms with Gasteiger partial charge in [-0.25, -0.2) is 13.4 Å². The number of aromatic nitrogens is 4. The maximum atomic E-state index is 13.0. The van der Waals surface area contributed by atoms with Crippen molar-refractivity contribution in [3.63, 3.8) is 0 Å². The van der Waals surface area contributed by atoms with E-state index >= 15 is 0 Å². The molecule has 4 aromatic rings. The Morgan fingerprint density at radius 1 is 1.11 bits per heavy atom. The van der Waals surface area contributed by atoms with Crippen LogP contribution in [0.15, 0.2) is 53.6 Å². The van der Waals surface area contributed by atoms with Gasteiger partial charge in [-0.15, -0.1) is 0 Å². The van der Waals surface area contributed by atoms with Gasteiger partial charge in [-0.05, 0) is 62.1 Å². The molecule has 5 rings (SSSR count). The fraction of sp³-hybridized carbons (Fsp3) is 0.280. The van der Waals surface area contributed by atoms with E-state index in [-0.39, 0.29) is 22.7 Å². The molecule has 37 heavy (non-hydrogen) atoms. The lowest BCUT2D eigenvalue weighted by atomic mass is 9.95. The SMILES string of the molecule is COc1ccc(C#N)c(S(=O)(=O)Nc2ccc(-c3nc(OC4CCC(O)CC4)c4cn[nH]c4n3)cc2)c1. The van der Waals surface area contributed by atoms with Crippen molar-refractivity contribution in [2.45, 2.75) is 42.8 Å². The molecule has 2 aromatic carbocycles. The van der Waals surface area contributed by atoms with E-state index in [2.05, 4.69) is 24.9 Å². The van der Waals surface area contributed by atoms with E-state index in [1.54, 1.807) is 30.5 Å². The zero-order chi connectivity index (χ0) is 26.0. The average molecular weight is 521 g/mol. The van der Waals surface area contributed by atoms with E-state index in [0.29, 0.717) is 52.6 Å². The van der Waals surface area contributed by atoms with E-state index in [1.807, 2.05) is 6.07 Å². The van der Waals surface area contributed by atoms with E-state index in [0.717, 1.165) is 12.8 Å². The van der Waals surface area contributed by atoms with Gasteiger partial charge in [0.05, 0.1) is 25.0 Å². The smallest absolute Gasteiger partial charge is 0.263 e. The first-order valence-electron chi connectivity index (χ1n) is 11.6. The van der Waals surface area contributed by atoms with Crippen molar-refractivity contribution in [2.75, 3.05) is 11.8 Å². The molecule has 11 nitrogen and oxygen atoms in total. The van der Waals surface area contributed by atoms with Crippen LogP contribution in [0.25, 0.3) is 22.4 Å². The highest BCUT2D eigenvalue weighted by Gasteiger charge is 2.23. The minimum absolute atomic E-state index is 0.00573. The van der Waals surface area contributed by atoms with Crippen molar-refractivity contribution in [3.05, 3.63) is 54.2 Å². The predicted molar refractivity (Wildman–Crippen MR) is 135 cm³/mol. The number of anilines is 1. The second-order valence-electron chi connectivity index (χ2n) is 8.69. The monoisotopic (exact) mass is 520 g/mol. The fourth-order valence-corrected chi connectivity index (χ4v) is 5.42. The van der Waals surface area contributed by atoms with Gasteiger partial charge < -0.3 is 14.6 Å². The molecular formula is C25H24N6O5S. The minimum atomic E-state index is -4.05. The third-order valence-electron chi connectivity index (χ3n) is 6.19. The van der Waals surface area contributed by atoms with Crippen molar-refractivity contribution in [2.24, 2.45) is 0 Å². The molecule has 3 N–H and O–H groups in total. The van der Waals surface area contributed by atoms with Gasteiger partial charge in [0.25, 0.3) is 10.0 Å². The summed E-state index contributed by atoms with van der Waals surface area (Å²) in [6, 6.07) is 12.7. The molecule has 1 aliphatic carbocycles. The van der Waals surface area contributed by atoms with Crippen LogP contribution in [0.3, 0.4) is 0 Å². The van der Waals surface area contributed by atoms with E-state index in [9.17, 15) is 18.8 Å². The molecule has 0 atom stereocenters. The van der Waals surface area contributed by atoms with Gasteiger partial charge in [-0.1, -0.05) is 0 Å². The molecule has 0 spiro atoms. The number of ether oxygens (including phenoxy) is 2. The highest BCUT2D eigenvalue weighted by atomic mass is 32.2. The average Bonchev–Trinajstić information content (AvgIpc) is 3.39. The Balaban J connectivity index is 1.40. The lowest BCUT2D eigenvalue weighted by Gasteiger charge is -2.25. The summed E-state index contributed by atoms with van der Waals surface area (Å²) in [5.41, 5.74) is 1.46. The standard InChI is InChI=1S/C25H24N6O5S/c1-35-20-9-4-16(13-26)22(12-20)37(33,34)31-17-5-2-15(3-6-17)23-28-24-21(14-27-30-24)25(29-23)36-19-10-7-18(32)8-11-19/h2-6,9,12,14,18-19,31-32H,7-8,10-11H2,1H3,(H,27,28,29,30). The largest absolute Gasteiger partial charge is 0.497 e. The summed E-state index contributed by atoms with van der Waals surface area (Å²) in [5, 5.41) is 26.7. The van der Waals surface area contributed by atoms with Crippen molar-refractivity contribution in [3.8, 4) is 29.1 Å². The molecule has 0 bridgehead atoms. The van der Waals surface area contributed by atoms with Crippen LogP contribution in [0.1, 0.15) is 31.2 Å². The fourth-order valence-electron chi connectivity index (χ4n) is 4.19. The molecule has 0 radical (unpaired) electrons. The van der Waals surface area contributed by atoms with Crippen LogP contribution in [0, 0.1) is 11.3 Å². The van der Waals surface area contributed by atoms with Crippen LogP contribution in [-0.4, -0.2) is 53.0 Å². The van der Waals surface area contributed by atoms with E-state index in [1.165, 1.54) is 25.3 Å². The summed E-state index contributed by atoms with van der Waals surface area (Å²) in [6.07, 6.45) is 4.08. The zero-order valence-electron chi connectivity index (χ0n) is 19.9. The number of methoxy groups -OCH3 is 1. The number of fused-ring (bicyclic) bond motifs is 1. The third-order valence-corrected chi connectivity index (χ3v) is 7.61. The van der Waals surface area contributed by atoms with Gasteiger partial charge in [-0.2, -0.15) is 15.3 Å². The van der Waals surface area contributed by atoms with Gasteiger partial charge in [-0.3, -0.25) is 9.82 Å². The topological polar surface area (TPSA) is 163 Å². The van der Waals surface area contributed by atoms with Crippen molar-refractivity contribution in [1.29, 1.82) is 5.26 Å². The quantitative estimate of drug-likeness (QED) is 0.331. The zero-order valence-corrected chi connectivity index (χ0v) is 20.7. The molecule has 1 aliphatic rings. The normalized spacial score (nSPS) is 17.8. The van der Waals surface area contributed by atoms with Crippen LogP contribution in [0.4, 0.5) is 5.69 Å². The Morgan fingerprint density at radius 3 is 2.57 bits per heavy atom. The predicted octanol–water partition coefficient (Wildman–Crippen LogP) is 3.38. The highest BCUT2D eigenvalue weighted by Crippen LogP contribution is 2.30. The number of rotatable bonds is 7. The van der Waals surface area contributed by atoms with Gasteiger partial charge >= 0.3 is 0 Å². The van der Waals surface area contributed by atoms with Crippen molar-refractivity contribution < 1.29 is 23.0 Å². The molecule has 0 saturated heterocycles. The molecule has 12 heteroatoms. The van der Waals surface area contributed by atoms with Gasteiger partial charge in [0.15, 0.2) is 11.5 Å². The number of nitrogens with one attached hydrogen (secondary N) is 2. The Morgan fingerprint density at radius 2 is 1.86 bits per heavy atom. The molecule has 0 amide bonds. The summed E-state index contributed by atoms with van der Waals surface area (Å²) in [6.45, 7) is 0. The number of benzene rings is 2. The summed E-state index contributed by atoms with van der Waals surface area (Å²) >= 11 is 0. The van der Waals surface area contributed by atoms with Crippen LogP contribution >= 0.6 is 0 Å². The second-order valence-corrected chi connectivity index (χ2v) is 10.3. The first-order valence-corrected chi connectivity index (χ1v) is 13.1. The van der Waals surface area contributed by atoms with E-state index < -0.39 is 10.0 Å². The summed E-state index contributed by atoms with van der Waals surface area (Å²) in [4.78, 5) is 8.96.